The predicted octanol–water partition coefficient (Wildman–Crippen LogP) is 3.12. The van der Waals surface area contributed by atoms with Crippen molar-refractivity contribution >= 4 is 11.9 Å². The highest BCUT2D eigenvalue weighted by Gasteiger charge is 2.26. The molecule has 0 radical (unpaired) electrons. The van der Waals surface area contributed by atoms with Crippen molar-refractivity contribution in [2.75, 3.05) is 6.79 Å². The molecule has 1 aliphatic heterocycles. The molecule has 0 aromatic heterocycles. The molecule has 0 fully saturated rings. The second-order valence-corrected chi connectivity index (χ2v) is 7.22. The van der Waals surface area contributed by atoms with E-state index in [9.17, 15) is 14.0 Å². The van der Waals surface area contributed by atoms with E-state index in [0.717, 1.165) is 5.56 Å². The summed E-state index contributed by atoms with van der Waals surface area (Å²) in [7, 11) is 0. The van der Waals surface area contributed by atoms with Crippen molar-refractivity contribution < 1.29 is 28.2 Å². The lowest BCUT2D eigenvalue weighted by Crippen LogP contribution is -2.45. The first-order valence-corrected chi connectivity index (χ1v) is 9.46. The Morgan fingerprint density at radius 2 is 1.97 bits per heavy atom. The third kappa shape index (κ3) is 5.54. The molecule has 0 aliphatic carbocycles. The molecular weight excluding hydrogens is 377 g/mol. The minimum absolute atomic E-state index is 0.0593. The molecule has 2 aromatic carbocycles. The number of hydrogen-bond acceptors (Lipinski definition) is 5. The zero-order valence-electron chi connectivity index (χ0n) is 16.4. The Bertz CT molecular complexity index is 869. The molecule has 0 bridgehead atoms. The quantitative estimate of drug-likeness (QED) is 0.722. The number of nitrogens with one attached hydrogen (secondary N) is 1. The van der Waals surface area contributed by atoms with E-state index in [1.54, 1.807) is 0 Å². The normalized spacial score (nSPS) is 13.9. The molecule has 29 heavy (non-hydrogen) atoms. The molecule has 6 nitrogen and oxygen atoms in total. The minimum Gasteiger partial charge on any atom is -0.467 e. The summed E-state index contributed by atoms with van der Waals surface area (Å²) in [5.74, 6) is -1.00. The monoisotopic (exact) mass is 401 g/mol. The van der Waals surface area contributed by atoms with Gasteiger partial charge in [-0.1, -0.05) is 44.2 Å². The zero-order chi connectivity index (χ0) is 20.8. The first-order chi connectivity index (χ1) is 13.9. The number of rotatable bonds is 7. The van der Waals surface area contributed by atoms with Crippen LogP contribution in [0.25, 0.3) is 0 Å². The van der Waals surface area contributed by atoms with Crippen LogP contribution in [-0.4, -0.2) is 24.7 Å². The maximum Gasteiger partial charge on any atom is 0.329 e. The van der Waals surface area contributed by atoms with Gasteiger partial charge in [-0.2, -0.15) is 0 Å². The van der Waals surface area contributed by atoms with Gasteiger partial charge in [-0.15, -0.1) is 0 Å². The SMILES string of the molecule is CC(C)[C@H](NC(=O)Cc1ccccc1)C(=O)OCc1cc(F)cc2c1OCOC2. The van der Waals surface area contributed by atoms with Crippen LogP contribution in [0.5, 0.6) is 5.75 Å². The van der Waals surface area contributed by atoms with Crippen LogP contribution in [-0.2, 0) is 38.7 Å². The van der Waals surface area contributed by atoms with E-state index in [4.69, 9.17) is 14.2 Å². The van der Waals surface area contributed by atoms with Crippen molar-refractivity contribution in [3.8, 4) is 5.75 Å². The number of esters is 1. The number of benzene rings is 2. The van der Waals surface area contributed by atoms with Gasteiger partial charge < -0.3 is 19.5 Å². The van der Waals surface area contributed by atoms with Gasteiger partial charge in [0.2, 0.25) is 5.91 Å². The Labute approximate surface area is 169 Å². The van der Waals surface area contributed by atoms with Crippen LogP contribution in [0.4, 0.5) is 4.39 Å². The van der Waals surface area contributed by atoms with Crippen LogP contribution in [0.3, 0.4) is 0 Å². The van der Waals surface area contributed by atoms with E-state index in [2.05, 4.69) is 5.32 Å². The Balaban J connectivity index is 1.63. The van der Waals surface area contributed by atoms with Gasteiger partial charge in [0.25, 0.3) is 0 Å². The highest BCUT2D eigenvalue weighted by molar-refractivity contribution is 5.85. The standard InChI is InChI=1S/C22H24FNO5/c1-14(2)20(24-19(25)8-15-6-4-3-5-7-15)22(26)28-12-17-10-18(23)9-16-11-27-13-29-21(16)17/h3-7,9-10,14,20H,8,11-13H2,1-2H3,(H,24,25)/t20-/m0/s1. The average molecular weight is 401 g/mol. The lowest BCUT2D eigenvalue weighted by Gasteiger charge is -2.23. The Morgan fingerprint density at radius 1 is 1.21 bits per heavy atom. The number of carbonyl (C=O) groups is 2. The Kier molecular flexibility index (Phi) is 6.82. The fraction of sp³-hybridized carbons (Fsp3) is 0.364. The molecule has 0 saturated carbocycles. The van der Waals surface area contributed by atoms with Crippen molar-refractivity contribution in [1.29, 1.82) is 0 Å². The van der Waals surface area contributed by atoms with Crippen LogP contribution >= 0.6 is 0 Å². The van der Waals surface area contributed by atoms with Crippen LogP contribution < -0.4 is 10.1 Å². The fourth-order valence-electron chi connectivity index (χ4n) is 3.11. The van der Waals surface area contributed by atoms with Crippen LogP contribution in [0.1, 0.15) is 30.5 Å². The van der Waals surface area contributed by atoms with E-state index < -0.39 is 17.8 Å². The molecule has 154 valence electrons. The number of ether oxygens (including phenoxy) is 3. The molecule has 1 aliphatic rings. The van der Waals surface area contributed by atoms with Crippen LogP contribution in [0.2, 0.25) is 0 Å². The van der Waals surface area contributed by atoms with Gasteiger partial charge in [-0.05, 0) is 23.6 Å². The van der Waals surface area contributed by atoms with E-state index in [1.807, 2.05) is 44.2 Å². The summed E-state index contributed by atoms with van der Waals surface area (Å²) in [4.78, 5) is 24.9. The van der Waals surface area contributed by atoms with E-state index in [0.29, 0.717) is 16.9 Å². The van der Waals surface area contributed by atoms with Gasteiger partial charge in [0.1, 0.15) is 24.2 Å². The summed E-state index contributed by atoms with van der Waals surface area (Å²) in [6.07, 6.45) is 0.169. The third-order valence-electron chi connectivity index (χ3n) is 4.57. The first-order valence-electron chi connectivity index (χ1n) is 9.46. The van der Waals surface area contributed by atoms with Gasteiger partial charge in [0.05, 0.1) is 13.0 Å². The van der Waals surface area contributed by atoms with Gasteiger partial charge in [-0.3, -0.25) is 4.79 Å². The van der Waals surface area contributed by atoms with E-state index >= 15 is 0 Å². The molecule has 7 heteroatoms. The third-order valence-corrected chi connectivity index (χ3v) is 4.57. The number of carbonyl (C=O) groups excluding carboxylic acids is 2. The molecule has 1 amide bonds. The van der Waals surface area contributed by atoms with E-state index in [-0.39, 0.29) is 38.3 Å². The summed E-state index contributed by atoms with van der Waals surface area (Å²) < 4.78 is 29.8. The average Bonchev–Trinajstić information content (AvgIpc) is 2.70. The molecule has 1 atom stereocenters. The molecule has 0 saturated heterocycles. The van der Waals surface area contributed by atoms with Gasteiger partial charge >= 0.3 is 5.97 Å². The van der Waals surface area contributed by atoms with Crippen molar-refractivity contribution in [2.45, 2.75) is 39.5 Å². The molecule has 0 unspecified atom stereocenters. The van der Waals surface area contributed by atoms with E-state index in [1.165, 1.54) is 12.1 Å². The minimum atomic E-state index is -0.806. The van der Waals surface area contributed by atoms with Gasteiger partial charge in [0.15, 0.2) is 6.79 Å². The highest BCUT2D eigenvalue weighted by atomic mass is 19.1. The molecular formula is C22H24FNO5. The highest BCUT2D eigenvalue weighted by Crippen LogP contribution is 2.30. The fourth-order valence-corrected chi connectivity index (χ4v) is 3.11. The number of fused-ring (bicyclic) bond motifs is 1. The molecule has 3 rings (SSSR count). The smallest absolute Gasteiger partial charge is 0.329 e. The molecule has 1 heterocycles. The first kappa shape index (κ1) is 20.8. The number of hydrogen-bond donors (Lipinski definition) is 1. The molecule has 2 aromatic rings. The summed E-state index contributed by atoms with van der Waals surface area (Å²) in [5.41, 5.74) is 1.85. The topological polar surface area (TPSA) is 73.9 Å². The summed E-state index contributed by atoms with van der Waals surface area (Å²) in [6, 6.07) is 11.1. The summed E-state index contributed by atoms with van der Waals surface area (Å²) in [6.45, 7) is 3.77. The van der Waals surface area contributed by atoms with Crippen LogP contribution in [0, 0.1) is 11.7 Å². The summed E-state index contributed by atoms with van der Waals surface area (Å²) in [5, 5.41) is 2.74. The molecule has 0 spiro atoms. The predicted molar refractivity (Wildman–Crippen MR) is 103 cm³/mol. The Morgan fingerprint density at radius 3 is 2.69 bits per heavy atom. The lowest BCUT2D eigenvalue weighted by atomic mass is 10.0. The number of halogens is 1. The maximum atomic E-state index is 13.8. The van der Waals surface area contributed by atoms with Gasteiger partial charge in [0, 0.05) is 11.1 Å². The van der Waals surface area contributed by atoms with Gasteiger partial charge in [-0.25, -0.2) is 9.18 Å². The van der Waals surface area contributed by atoms with Crippen molar-refractivity contribution in [1.82, 2.24) is 5.32 Å². The largest absolute Gasteiger partial charge is 0.467 e. The maximum absolute atomic E-state index is 13.8. The van der Waals surface area contributed by atoms with Crippen molar-refractivity contribution in [3.05, 3.63) is 65.0 Å². The zero-order valence-corrected chi connectivity index (χ0v) is 16.4. The second kappa shape index (κ2) is 9.52. The number of amides is 1. The summed E-state index contributed by atoms with van der Waals surface area (Å²) >= 11 is 0. The molecule has 1 N–H and O–H groups in total. The Hall–Kier alpha value is -2.93. The van der Waals surface area contributed by atoms with Crippen molar-refractivity contribution in [3.63, 3.8) is 0 Å². The second-order valence-electron chi connectivity index (χ2n) is 7.22. The lowest BCUT2D eigenvalue weighted by molar-refractivity contribution is -0.150. The van der Waals surface area contributed by atoms with Crippen LogP contribution in [0.15, 0.2) is 42.5 Å². The van der Waals surface area contributed by atoms with Crippen molar-refractivity contribution in [2.24, 2.45) is 5.92 Å².